The second-order valence-electron chi connectivity index (χ2n) is 4.66. The summed E-state index contributed by atoms with van der Waals surface area (Å²) in [6.45, 7) is 3.97. The van der Waals surface area contributed by atoms with Gasteiger partial charge in [0.15, 0.2) is 0 Å². The van der Waals surface area contributed by atoms with Crippen molar-refractivity contribution >= 4 is 5.97 Å². The Labute approximate surface area is 113 Å². The van der Waals surface area contributed by atoms with Crippen LogP contribution in [0.2, 0.25) is 0 Å². The molecule has 0 aromatic heterocycles. The first kappa shape index (κ1) is 13.9. The Hall–Kier alpha value is -1.55. The molecule has 0 bridgehead atoms. The molecule has 0 spiro atoms. The number of carbonyl (C=O) groups excluding carboxylic acids is 1. The molecule has 0 N–H and O–H groups in total. The number of epoxide rings is 1. The molecule has 1 saturated heterocycles. The maximum atomic E-state index is 11.5. The van der Waals surface area contributed by atoms with Gasteiger partial charge in [0.05, 0.1) is 19.6 Å². The summed E-state index contributed by atoms with van der Waals surface area (Å²) in [5.41, 5.74) is 0.941. The monoisotopic (exact) mass is 264 g/mol. The maximum absolute atomic E-state index is 11.5. The molecule has 4 heteroatoms. The normalized spacial score (nSPS) is 17.0. The molecule has 1 aromatic rings. The second kappa shape index (κ2) is 7.14. The predicted molar refractivity (Wildman–Crippen MR) is 71.2 cm³/mol. The van der Waals surface area contributed by atoms with Crippen LogP contribution in [0.3, 0.4) is 0 Å². The SMILES string of the molecule is CCCCOC(=O)Cc1ccc(OCC2CO2)cc1. The van der Waals surface area contributed by atoms with Gasteiger partial charge in [-0.15, -0.1) is 0 Å². The first-order valence-electron chi connectivity index (χ1n) is 6.77. The third kappa shape index (κ3) is 5.30. The Morgan fingerprint density at radius 3 is 2.74 bits per heavy atom. The number of hydrogen-bond donors (Lipinski definition) is 0. The smallest absolute Gasteiger partial charge is 0.310 e. The van der Waals surface area contributed by atoms with E-state index in [1.54, 1.807) is 0 Å². The number of ether oxygens (including phenoxy) is 3. The van der Waals surface area contributed by atoms with Crippen LogP contribution in [0.15, 0.2) is 24.3 Å². The van der Waals surface area contributed by atoms with E-state index in [9.17, 15) is 4.79 Å². The van der Waals surface area contributed by atoms with Gasteiger partial charge >= 0.3 is 5.97 Å². The molecular weight excluding hydrogens is 244 g/mol. The molecule has 1 aliphatic rings. The van der Waals surface area contributed by atoms with E-state index < -0.39 is 0 Å². The molecule has 19 heavy (non-hydrogen) atoms. The summed E-state index contributed by atoms with van der Waals surface area (Å²) in [6.07, 6.45) is 2.52. The second-order valence-corrected chi connectivity index (χ2v) is 4.66. The van der Waals surface area contributed by atoms with Crippen molar-refractivity contribution in [2.75, 3.05) is 19.8 Å². The van der Waals surface area contributed by atoms with Gasteiger partial charge in [-0.1, -0.05) is 25.5 Å². The molecule has 0 aliphatic carbocycles. The van der Waals surface area contributed by atoms with E-state index in [0.29, 0.717) is 19.6 Å². The van der Waals surface area contributed by atoms with Crippen molar-refractivity contribution in [2.45, 2.75) is 32.3 Å². The van der Waals surface area contributed by atoms with E-state index in [1.165, 1.54) is 0 Å². The predicted octanol–water partition coefficient (Wildman–Crippen LogP) is 2.35. The summed E-state index contributed by atoms with van der Waals surface area (Å²) < 4.78 is 15.7. The standard InChI is InChI=1S/C15H20O4/c1-2-3-8-17-15(16)9-12-4-6-13(7-5-12)18-10-14-11-19-14/h4-7,14H,2-3,8-11H2,1H3. The minimum Gasteiger partial charge on any atom is -0.491 e. The summed E-state index contributed by atoms with van der Waals surface area (Å²) in [4.78, 5) is 11.5. The van der Waals surface area contributed by atoms with Gasteiger partial charge in [-0.05, 0) is 24.1 Å². The van der Waals surface area contributed by atoms with E-state index in [4.69, 9.17) is 14.2 Å². The minimum atomic E-state index is -0.173. The fraction of sp³-hybridized carbons (Fsp3) is 0.533. The van der Waals surface area contributed by atoms with Crippen LogP contribution in [0.5, 0.6) is 5.75 Å². The van der Waals surface area contributed by atoms with E-state index >= 15 is 0 Å². The maximum Gasteiger partial charge on any atom is 0.310 e. The van der Waals surface area contributed by atoms with Crippen LogP contribution in [0.25, 0.3) is 0 Å². The first-order valence-corrected chi connectivity index (χ1v) is 6.77. The van der Waals surface area contributed by atoms with Gasteiger partial charge in [-0.2, -0.15) is 0 Å². The van der Waals surface area contributed by atoms with Crippen molar-refractivity contribution in [3.8, 4) is 5.75 Å². The lowest BCUT2D eigenvalue weighted by Gasteiger charge is -2.06. The zero-order valence-corrected chi connectivity index (χ0v) is 11.3. The number of rotatable bonds is 8. The van der Waals surface area contributed by atoms with Crippen molar-refractivity contribution in [2.24, 2.45) is 0 Å². The summed E-state index contributed by atoms with van der Waals surface area (Å²) >= 11 is 0. The average Bonchev–Trinajstić information content (AvgIpc) is 3.22. The molecule has 1 heterocycles. The van der Waals surface area contributed by atoms with Gasteiger partial charge in [-0.25, -0.2) is 0 Å². The molecule has 1 aliphatic heterocycles. The van der Waals surface area contributed by atoms with Crippen molar-refractivity contribution in [1.82, 2.24) is 0 Å². The third-order valence-electron chi connectivity index (χ3n) is 2.87. The molecule has 2 rings (SSSR count). The lowest BCUT2D eigenvalue weighted by molar-refractivity contribution is -0.142. The van der Waals surface area contributed by atoms with Crippen LogP contribution in [-0.2, 0) is 20.7 Å². The van der Waals surface area contributed by atoms with Gasteiger partial charge in [-0.3, -0.25) is 4.79 Å². The Balaban J connectivity index is 1.72. The molecule has 104 valence electrons. The summed E-state index contributed by atoms with van der Waals surface area (Å²) in [5, 5.41) is 0. The number of carbonyl (C=O) groups is 1. The molecule has 1 aromatic carbocycles. The molecular formula is C15H20O4. The van der Waals surface area contributed by atoms with Crippen molar-refractivity contribution < 1.29 is 19.0 Å². The van der Waals surface area contributed by atoms with E-state index in [-0.39, 0.29) is 12.1 Å². The molecule has 0 amide bonds. The van der Waals surface area contributed by atoms with E-state index in [0.717, 1.165) is 30.8 Å². The Morgan fingerprint density at radius 1 is 1.37 bits per heavy atom. The Kier molecular flexibility index (Phi) is 5.21. The van der Waals surface area contributed by atoms with E-state index in [1.807, 2.05) is 24.3 Å². The van der Waals surface area contributed by atoms with Crippen LogP contribution in [0, 0.1) is 0 Å². The fourth-order valence-corrected chi connectivity index (χ4v) is 1.61. The van der Waals surface area contributed by atoms with Crippen LogP contribution < -0.4 is 4.74 Å². The highest BCUT2D eigenvalue weighted by atomic mass is 16.6. The third-order valence-corrected chi connectivity index (χ3v) is 2.87. The van der Waals surface area contributed by atoms with Gasteiger partial charge in [0, 0.05) is 0 Å². The topological polar surface area (TPSA) is 48.1 Å². The molecule has 4 nitrogen and oxygen atoms in total. The number of benzene rings is 1. The van der Waals surface area contributed by atoms with Crippen molar-refractivity contribution in [3.05, 3.63) is 29.8 Å². The quantitative estimate of drug-likeness (QED) is 0.411. The summed E-state index contributed by atoms with van der Waals surface area (Å²) in [7, 11) is 0. The summed E-state index contributed by atoms with van der Waals surface area (Å²) in [6, 6.07) is 7.53. The highest BCUT2D eigenvalue weighted by molar-refractivity contribution is 5.72. The van der Waals surface area contributed by atoms with Crippen molar-refractivity contribution in [1.29, 1.82) is 0 Å². The van der Waals surface area contributed by atoms with Crippen LogP contribution in [-0.4, -0.2) is 31.9 Å². The zero-order valence-electron chi connectivity index (χ0n) is 11.3. The van der Waals surface area contributed by atoms with Crippen LogP contribution in [0.1, 0.15) is 25.3 Å². The number of unbranched alkanes of at least 4 members (excludes halogenated alkanes) is 1. The number of hydrogen-bond acceptors (Lipinski definition) is 4. The Morgan fingerprint density at radius 2 is 2.11 bits per heavy atom. The lowest BCUT2D eigenvalue weighted by atomic mass is 10.1. The van der Waals surface area contributed by atoms with Gasteiger partial charge in [0.1, 0.15) is 18.5 Å². The first-order chi connectivity index (χ1) is 9.28. The van der Waals surface area contributed by atoms with Crippen LogP contribution in [0.4, 0.5) is 0 Å². The number of esters is 1. The molecule has 0 radical (unpaired) electrons. The minimum absolute atomic E-state index is 0.173. The van der Waals surface area contributed by atoms with E-state index in [2.05, 4.69) is 6.92 Å². The zero-order chi connectivity index (χ0) is 13.5. The van der Waals surface area contributed by atoms with Crippen LogP contribution >= 0.6 is 0 Å². The highest BCUT2D eigenvalue weighted by Gasteiger charge is 2.22. The average molecular weight is 264 g/mol. The molecule has 1 unspecified atom stereocenters. The molecule has 1 fully saturated rings. The van der Waals surface area contributed by atoms with Crippen molar-refractivity contribution in [3.63, 3.8) is 0 Å². The lowest BCUT2D eigenvalue weighted by Crippen LogP contribution is -2.09. The largest absolute Gasteiger partial charge is 0.491 e. The highest BCUT2D eigenvalue weighted by Crippen LogP contribution is 2.16. The van der Waals surface area contributed by atoms with Gasteiger partial charge in [0.2, 0.25) is 0 Å². The molecule has 0 saturated carbocycles. The molecule has 1 atom stereocenters. The Bertz CT molecular complexity index is 395. The van der Waals surface area contributed by atoms with Gasteiger partial charge < -0.3 is 14.2 Å². The summed E-state index contributed by atoms with van der Waals surface area (Å²) in [5.74, 6) is 0.632. The van der Waals surface area contributed by atoms with Gasteiger partial charge in [0.25, 0.3) is 0 Å². The fourth-order valence-electron chi connectivity index (χ4n) is 1.61.